The zero-order valence-corrected chi connectivity index (χ0v) is 19.8. The Morgan fingerprint density at radius 1 is 1.10 bits per heavy atom. The van der Waals surface area contributed by atoms with Gasteiger partial charge >= 0.3 is 0 Å². The van der Waals surface area contributed by atoms with E-state index in [2.05, 4.69) is 9.95 Å². The number of hydrogen-bond donors (Lipinski definition) is 0. The van der Waals surface area contributed by atoms with Crippen LogP contribution in [0.1, 0.15) is 5.69 Å². The highest BCUT2D eigenvalue weighted by atomic mass is 35.5. The molecule has 0 aliphatic rings. The van der Waals surface area contributed by atoms with Crippen molar-refractivity contribution in [3.05, 3.63) is 52.5 Å². The third-order valence-corrected chi connectivity index (χ3v) is 6.90. The van der Waals surface area contributed by atoms with Crippen LogP contribution in [0.25, 0.3) is 21.6 Å². The molecule has 0 radical (unpaired) electrons. The van der Waals surface area contributed by atoms with E-state index < -0.39 is 0 Å². The monoisotopic (exact) mass is 475 g/mol. The van der Waals surface area contributed by atoms with Crippen LogP contribution in [0.3, 0.4) is 0 Å². The topological polar surface area (TPSA) is 58.4 Å². The summed E-state index contributed by atoms with van der Waals surface area (Å²) in [5, 5.41) is 4.56. The summed E-state index contributed by atoms with van der Waals surface area (Å²) >= 11 is 9.39. The van der Waals surface area contributed by atoms with Gasteiger partial charge in [-0.2, -0.15) is 0 Å². The van der Waals surface area contributed by atoms with E-state index in [0.29, 0.717) is 28.9 Å². The van der Waals surface area contributed by atoms with Crippen molar-refractivity contribution in [2.45, 2.75) is 17.5 Å². The lowest BCUT2D eigenvalue weighted by Gasteiger charge is -2.10. The van der Waals surface area contributed by atoms with E-state index in [-0.39, 0.29) is 0 Å². The second-order valence-electron chi connectivity index (χ2n) is 6.65. The van der Waals surface area contributed by atoms with Gasteiger partial charge < -0.3 is 18.8 Å². The number of methoxy groups -OCH3 is 3. The van der Waals surface area contributed by atoms with Crippen molar-refractivity contribution in [3.8, 4) is 22.1 Å². The van der Waals surface area contributed by atoms with Gasteiger partial charge in [0.25, 0.3) is 0 Å². The first-order valence-electron chi connectivity index (χ1n) is 9.58. The van der Waals surface area contributed by atoms with Gasteiger partial charge in [-0.05, 0) is 30.3 Å². The molecule has 31 heavy (non-hydrogen) atoms. The van der Waals surface area contributed by atoms with Crippen molar-refractivity contribution < 1.29 is 14.2 Å². The summed E-state index contributed by atoms with van der Waals surface area (Å²) in [6.45, 7) is 1.33. The summed E-state index contributed by atoms with van der Waals surface area (Å²) in [7, 11) is 4.98. The van der Waals surface area contributed by atoms with Crippen molar-refractivity contribution in [1.29, 1.82) is 0 Å². The van der Waals surface area contributed by atoms with E-state index in [1.807, 2.05) is 36.4 Å². The van der Waals surface area contributed by atoms with Gasteiger partial charge in [0.05, 0.1) is 43.1 Å². The number of para-hydroxylation sites is 1. The van der Waals surface area contributed by atoms with Crippen LogP contribution in [0.4, 0.5) is 0 Å². The summed E-state index contributed by atoms with van der Waals surface area (Å²) in [6.07, 6.45) is 0. The molecule has 162 valence electrons. The Morgan fingerprint density at radius 3 is 2.74 bits per heavy atom. The van der Waals surface area contributed by atoms with Crippen LogP contribution < -0.4 is 9.47 Å². The predicted octanol–water partition coefficient (Wildman–Crippen LogP) is 5.77. The number of aromatic nitrogens is 3. The number of halogens is 1. The number of nitrogens with zero attached hydrogens (tertiary/aromatic N) is 3. The number of thiazole rings is 1. The van der Waals surface area contributed by atoms with E-state index in [1.165, 1.54) is 0 Å². The number of thioether (sulfide) groups is 1. The summed E-state index contributed by atoms with van der Waals surface area (Å²) < 4.78 is 18.4. The first kappa shape index (κ1) is 22.0. The second kappa shape index (κ2) is 9.91. The molecule has 0 unspecified atom stereocenters. The molecule has 2 aromatic heterocycles. The number of benzene rings is 2. The highest BCUT2D eigenvalue weighted by Crippen LogP contribution is 2.39. The maximum absolute atomic E-state index is 6.16. The van der Waals surface area contributed by atoms with E-state index in [9.17, 15) is 0 Å². The fourth-order valence-electron chi connectivity index (χ4n) is 3.28. The second-order valence-corrected chi connectivity index (χ2v) is 8.88. The fourth-order valence-corrected chi connectivity index (χ4v) is 5.33. The average molecular weight is 476 g/mol. The highest BCUT2D eigenvalue weighted by molar-refractivity contribution is 7.98. The molecular weight excluding hydrogens is 454 g/mol. The van der Waals surface area contributed by atoms with Gasteiger partial charge in [-0.15, -0.1) is 11.3 Å². The molecule has 6 nitrogen and oxygen atoms in total. The Labute approximate surface area is 194 Å². The Morgan fingerprint density at radius 2 is 1.97 bits per heavy atom. The van der Waals surface area contributed by atoms with Gasteiger partial charge in [0.1, 0.15) is 5.01 Å². The van der Waals surface area contributed by atoms with Crippen molar-refractivity contribution >= 4 is 45.7 Å². The van der Waals surface area contributed by atoms with E-state index >= 15 is 0 Å². The molecule has 2 heterocycles. The fraction of sp³-hybridized carbons (Fsp3) is 0.273. The number of rotatable bonds is 9. The summed E-state index contributed by atoms with van der Waals surface area (Å²) in [5.41, 5.74) is 3.83. The zero-order chi connectivity index (χ0) is 21.8. The minimum atomic E-state index is 0.609. The van der Waals surface area contributed by atoms with Crippen LogP contribution in [0.2, 0.25) is 5.02 Å². The van der Waals surface area contributed by atoms with Gasteiger partial charge in [0.2, 0.25) is 0 Å². The zero-order valence-electron chi connectivity index (χ0n) is 17.4. The van der Waals surface area contributed by atoms with Crippen LogP contribution >= 0.6 is 34.7 Å². The highest BCUT2D eigenvalue weighted by Gasteiger charge is 2.16. The maximum Gasteiger partial charge on any atom is 0.170 e. The van der Waals surface area contributed by atoms with Crippen molar-refractivity contribution in [2.75, 3.05) is 27.9 Å². The van der Waals surface area contributed by atoms with Crippen molar-refractivity contribution in [1.82, 2.24) is 14.5 Å². The molecule has 4 aromatic rings. The molecule has 4 rings (SSSR count). The molecule has 0 spiro atoms. The molecule has 0 aliphatic heterocycles. The molecule has 0 amide bonds. The van der Waals surface area contributed by atoms with Gasteiger partial charge in [-0.25, -0.2) is 9.97 Å². The van der Waals surface area contributed by atoms with E-state index in [0.717, 1.165) is 39.0 Å². The quantitative estimate of drug-likeness (QED) is 0.286. The maximum atomic E-state index is 6.16. The molecule has 0 saturated heterocycles. The SMILES string of the molecule is COCCn1c(SCc2csc(-c3cccc(OC)c3OC)n2)nc2cc(Cl)ccc21. The Kier molecular flexibility index (Phi) is 7.02. The lowest BCUT2D eigenvalue weighted by molar-refractivity contribution is 0.186. The number of imidazole rings is 1. The molecule has 0 aliphatic carbocycles. The first-order valence-corrected chi connectivity index (χ1v) is 11.8. The predicted molar refractivity (Wildman–Crippen MR) is 127 cm³/mol. The molecule has 0 saturated carbocycles. The Hall–Kier alpha value is -2.26. The Bertz CT molecular complexity index is 1190. The average Bonchev–Trinajstić information content (AvgIpc) is 3.39. The number of hydrogen-bond acceptors (Lipinski definition) is 7. The molecular formula is C22H22ClN3O3S2. The van der Waals surface area contributed by atoms with Crippen LogP contribution in [0.15, 0.2) is 46.9 Å². The third kappa shape index (κ3) is 4.67. The summed E-state index contributed by atoms with van der Waals surface area (Å²) in [6, 6.07) is 11.6. The van der Waals surface area contributed by atoms with Gasteiger partial charge in [0, 0.05) is 29.8 Å². The van der Waals surface area contributed by atoms with Gasteiger partial charge in [-0.3, -0.25) is 0 Å². The molecule has 0 bridgehead atoms. The van der Waals surface area contributed by atoms with Crippen LogP contribution in [-0.2, 0) is 17.0 Å². The smallest absolute Gasteiger partial charge is 0.170 e. The summed E-state index contributed by atoms with van der Waals surface area (Å²) in [5.74, 6) is 2.08. The lowest BCUT2D eigenvalue weighted by Crippen LogP contribution is -2.05. The standard InChI is InChI=1S/C22H22ClN3O3S2/c1-27-10-9-26-18-8-7-14(23)11-17(18)25-22(26)31-13-15-12-30-21(24-15)16-5-4-6-19(28-2)20(16)29-3/h4-8,11-12H,9-10,13H2,1-3H3. The minimum Gasteiger partial charge on any atom is -0.493 e. The third-order valence-electron chi connectivity index (χ3n) is 4.73. The van der Waals surface area contributed by atoms with Crippen molar-refractivity contribution in [3.63, 3.8) is 0 Å². The Balaban J connectivity index is 1.57. The number of fused-ring (bicyclic) bond motifs is 1. The minimum absolute atomic E-state index is 0.609. The largest absolute Gasteiger partial charge is 0.493 e. The van der Waals surface area contributed by atoms with Crippen LogP contribution in [0, 0.1) is 0 Å². The van der Waals surface area contributed by atoms with E-state index in [1.54, 1.807) is 44.4 Å². The van der Waals surface area contributed by atoms with Crippen LogP contribution in [-0.4, -0.2) is 42.5 Å². The molecule has 0 fully saturated rings. The molecule has 0 atom stereocenters. The summed E-state index contributed by atoms with van der Waals surface area (Å²) in [4.78, 5) is 9.60. The van der Waals surface area contributed by atoms with E-state index in [4.69, 9.17) is 35.8 Å². The van der Waals surface area contributed by atoms with Gasteiger partial charge in [-0.1, -0.05) is 29.4 Å². The molecule has 2 aromatic carbocycles. The number of ether oxygens (including phenoxy) is 3. The van der Waals surface area contributed by atoms with Crippen LogP contribution in [0.5, 0.6) is 11.5 Å². The molecule has 0 N–H and O–H groups in total. The lowest BCUT2D eigenvalue weighted by atomic mass is 10.2. The molecule has 9 heteroatoms. The normalized spacial score (nSPS) is 11.2. The van der Waals surface area contributed by atoms with Gasteiger partial charge in [0.15, 0.2) is 16.7 Å². The van der Waals surface area contributed by atoms with Crippen molar-refractivity contribution in [2.24, 2.45) is 0 Å². The first-order chi connectivity index (χ1) is 15.1.